The summed E-state index contributed by atoms with van der Waals surface area (Å²) in [6.07, 6.45) is 22.8. The Hall–Kier alpha value is 0.280. The third kappa shape index (κ3) is 40.4. The van der Waals surface area contributed by atoms with Gasteiger partial charge in [-0.15, -0.1) is 0 Å². The molecule has 0 atom stereocenters. The van der Waals surface area contributed by atoms with E-state index in [2.05, 4.69) is 19.1 Å². The summed E-state index contributed by atoms with van der Waals surface area (Å²) in [5, 5.41) is 0. The van der Waals surface area contributed by atoms with E-state index in [1.807, 2.05) is 0 Å². The van der Waals surface area contributed by atoms with E-state index in [9.17, 15) is 4.79 Å². The minimum Gasteiger partial charge on any atom is -0.264 e. The van der Waals surface area contributed by atoms with Crippen molar-refractivity contribution in [1.82, 2.24) is 0 Å². The average molecular weight is 387 g/mol. The van der Waals surface area contributed by atoms with Crippen LogP contribution in [0.5, 0.6) is 0 Å². The number of carbonyl (C=O) groups is 1. The van der Waals surface area contributed by atoms with Gasteiger partial charge in [-0.3, -0.25) is 9.11 Å². The molecule has 7 heteroatoms. The summed E-state index contributed by atoms with van der Waals surface area (Å²) in [4.78, 5) is 10.8. The Morgan fingerprint density at radius 3 is 1.56 bits per heavy atom. The maximum absolute atomic E-state index is 10.8. The van der Waals surface area contributed by atoms with E-state index >= 15 is 0 Å². The Labute approximate surface area is 172 Å². The average Bonchev–Trinajstić information content (AvgIpc) is 2.49. The Morgan fingerprint density at radius 2 is 1.16 bits per heavy atom. The van der Waals surface area contributed by atoms with Crippen LogP contribution in [-0.4, -0.2) is 48.5 Å². The molecule has 144 valence electrons. The van der Waals surface area contributed by atoms with E-state index in [0.29, 0.717) is 3.03 Å². The molecule has 25 heavy (non-hydrogen) atoms. The van der Waals surface area contributed by atoms with Crippen molar-refractivity contribution in [3.63, 3.8) is 0 Å². The van der Waals surface area contributed by atoms with Crippen molar-refractivity contribution in [1.29, 1.82) is 0 Å². The second kappa shape index (κ2) is 20.6. The molecule has 0 aromatic rings. The maximum atomic E-state index is 10.8. The van der Waals surface area contributed by atoms with E-state index in [4.69, 9.17) is 17.5 Å². The van der Waals surface area contributed by atoms with Gasteiger partial charge in [0.05, 0.1) is 0 Å². The molecule has 0 bridgehead atoms. The fourth-order valence-corrected chi connectivity index (χ4v) is 2.80. The zero-order valence-electron chi connectivity index (χ0n) is 16.1. The van der Waals surface area contributed by atoms with Crippen LogP contribution >= 0.6 is 0 Å². The van der Waals surface area contributed by atoms with Gasteiger partial charge in [0.1, 0.15) is 0 Å². The van der Waals surface area contributed by atoms with Crippen LogP contribution in [0.2, 0.25) is 0 Å². The summed E-state index contributed by atoms with van der Waals surface area (Å²) in [6.45, 7) is 2.27. The first kappa shape index (κ1) is 27.5. The zero-order valence-corrected chi connectivity index (χ0v) is 18.9. The molecule has 0 aromatic carbocycles. The minimum atomic E-state index is -4.67. The molecule has 5 nitrogen and oxygen atoms in total. The molecule has 0 rings (SSSR count). The van der Waals surface area contributed by atoms with Gasteiger partial charge in [-0.25, -0.2) is 0 Å². The summed E-state index contributed by atoms with van der Waals surface area (Å²) < 4.78 is 32.1. The van der Waals surface area contributed by atoms with Crippen LogP contribution in [0.15, 0.2) is 12.2 Å². The van der Waals surface area contributed by atoms with E-state index in [-0.39, 0.29) is 0 Å². The number of hydrogen-bond donors (Lipinski definition) is 2. The predicted octanol–water partition coefficient (Wildman–Crippen LogP) is 5.07. The summed E-state index contributed by atoms with van der Waals surface area (Å²) in [7, 11) is -4.67. The first-order chi connectivity index (χ1) is 11.8. The van der Waals surface area contributed by atoms with Gasteiger partial charge in [-0.05, 0) is 0 Å². The van der Waals surface area contributed by atoms with Gasteiger partial charge in [0.2, 0.25) is 0 Å². The molecule has 0 saturated carbocycles. The van der Waals surface area contributed by atoms with Gasteiger partial charge < -0.3 is 0 Å². The van der Waals surface area contributed by atoms with Gasteiger partial charge in [0.15, 0.2) is 0 Å². The summed E-state index contributed by atoms with van der Waals surface area (Å²) in [5.74, 6) is 0. The second-order valence-corrected chi connectivity index (χ2v) is 8.50. The Morgan fingerprint density at radius 1 is 0.800 bits per heavy atom. The third-order valence-corrected chi connectivity index (χ3v) is 4.29. The van der Waals surface area contributed by atoms with Crippen molar-refractivity contribution in [2.24, 2.45) is 0 Å². The van der Waals surface area contributed by atoms with Crippen molar-refractivity contribution in [2.45, 2.75) is 96.8 Å². The monoisotopic (exact) mass is 386 g/mol. The molecular weight excluding hydrogens is 351 g/mol. The molecule has 0 aliphatic rings. The molecule has 0 aliphatic heterocycles. The van der Waals surface area contributed by atoms with Gasteiger partial charge in [-0.1, -0.05) is 39.0 Å². The van der Waals surface area contributed by atoms with Crippen LogP contribution in [0.1, 0.15) is 96.8 Å². The molecule has 2 N–H and O–H groups in total. The Balaban J connectivity index is 0. The predicted molar refractivity (Wildman–Crippen MR) is 104 cm³/mol. The van der Waals surface area contributed by atoms with Crippen LogP contribution in [0.25, 0.3) is 0 Å². The molecule has 0 fully saturated rings. The number of hydrogen-bond acceptors (Lipinski definition) is 3. The molecule has 0 saturated heterocycles. The minimum absolute atomic E-state index is 0.475. The molecule has 0 radical (unpaired) electrons. The van der Waals surface area contributed by atoms with Gasteiger partial charge in [0, 0.05) is 0 Å². The van der Waals surface area contributed by atoms with Crippen molar-refractivity contribution in [2.75, 3.05) is 0 Å². The van der Waals surface area contributed by atoms with Crippen LogP contribution in [-0.2, 0) is 15.2 Å². The normalized spacial score (nSPS) is 11.4. The van der Waals surface area contributed by atoms with E-state index in [0.717, 1.165) is 40.8 Å². The smallest absolute Gasteiger partial charge is 0.264 e. The summed E-state index contributed by atoms with van der Waals surface area (Å²) >= 11 is 0.742. The van der Waals surface area contributed by atoms with E-state index in [1.54, 1.807) is 0 Å². The van der Waals surface area contributed by atoms with Gasteiger partial charge >= 0.3 is 116 Å². The SMILES string of the molecule is CCCCCCCC/C=C\CCCCCCC[C](=O)[Na].O=S(=O)(O)O. The van der Waals surface area contributed by atoms with Crippen molar-refractivity contribution in [3.8, 4) is 0 Å². The first-order valence-electron chi connectivity index (χ1n) is 9.61. The molecular formula is C18H35NaO5S. The number of allylic oxidation sites excluding steroid dienone is 2. The van der Waals surface area contributed by atoms with Crippen LogP contribution in [0.3, 0.4) is 0 Å². The molecule has 0 aromatic heterocycles. The summed E-state index contributed by atoms with van der Waals surface area (Å²) in [6, 6.07) is 0. The zero-order chi connectivity index (χ0) is 19.4. The van der Waals surface area contributed by atoms with Crippen molar-refractivity contribution >= 4 is 41.4 Å². The molecule has 0 spiro atoms. The van der Waals surface area contributed by atoms with E-state index in [1.165, 1.54) is 77.0 Å². The third-order valence-electron chi connectivity index (χ3n) is 3.79. The Bertz CT molecular complexity index is 413. The maximum Gasteiger partial charge on any atom is 0.394 e. The van der Waals surface area contributed by atoms with Crippen molar-refractivity contribution < 1.29 is 22.3 Å². The molecule has 0 aliphatic carbocycles. The van der Waals surface area contributed by atoms with Gasteiger partial charge in [0.25, 0.3) is 0 Å². The summed E-state index contributed by atoms with van der Waals surface area (Å²) in [5.41, 5.74) is 0. The topological polar surface area (TPSA) is 91.7 Å². The van der Waals surface area contributed by atoms with Crippen molar-refractivity contribution in [3.05, 3.63) is 12.2 Å². The fourth-order valence-electron chi connectivity index (χ4n) is 2.44. The quantitative estimate of drug-likeness (QED) is 0.177. The Kier molecular flexibility index (Phi) is 22.6. The molecule has 0 unspecified atom stereocenters. The van der Waals surface area contributed by atoms with Crippen LogP contribution in [0.4, 0.5) is 0 Å². The molecule has 0 heterocycles. The van der Waals surface area contributed by atoms with Crippen LogP contribution < -0.4 is 0 Å². The van der Waals surface area contributed by atoms with Crippen LogP contribution in [0, 0.1) is 0 Å². The van der Waals surface area contributed by atoms with E-state index < -0.39 is 10.4 Å². The van der Waals surface area contributed by atoms with Gasteiger partial charge in [-0.2, -0.15) is 8.42 Å². The largest absolute Gasteiger partial charge is 0.394 e. The number of carbonyl (C=O) groups excluding carboxylic acids is 1. The second-order valence-electron chi connectivity index (χ2n) is 6.48. The fraction of sp³-hybridized carbons (Fsp3) is 0.833. The molecule has 0 amide bonds. The first-order valence-corrected chi connectivity index (χ1v) is 12.0. The number of unbranched alkanes of at least 4 members (excludes halogenated alkanes) is 11. The number of rotatable bonds is 15. The standard InChI is InChI=1S/C18H33O.Na.H2O4S/c1-2-3-4-5-6-7-8-9-10-11-12-13-14-15-16-17-18-19;;1-5(2,3)4/h9-10H,2-8,11-17H2,1H3;;(H2,1,2,3,4)/b10-9-;;.